The van der Waals surface area contributed by atoms with Crippen molar-refractivity contribution in [1.29, 1.82) is 0 Å². The molecule has 22 heavy (non-hydrogen) atoms. The van der Waals surface area contributed by atoms with Crippen LogP contribution in [0.2, 0.25) is 0 Å². The minimum atomic E-state index is -1.46. The van der Waals surface area contributed by atoms with E-state index >= 15 is 0 Å². The molecule has 2 aromatic carbocycles. The van der Waals surface area contributed by atoms with Crippen molar-refractivity contribution in [3.05, 3.63) is 59.7 Å². The SMILES string of the molecule is COc1ccc(CCOc2ccc(C(=O)C(=O)O)cc2)cc1. The first-order valence-electron chi connectivity index (χ1n) is 6.73. The Morgan fingerprint density at radius 3 is 2.09 bits per heavy atom. The molecule has 2 rings (SSSR count). The Morgan fingerprint density at radius 1 is 0.955 bits per heavy atom. The molecule has 0 saturated heterocycles. The van der Waals surface area contributed by atoms with E-state index in [-0.39, 0.29) is 5.56 Å². The molecule has 5 heteroatoms. The van der Waals surface area contributed by atoms with E-state index < -0.39 is 11.8 Å². The molecule has 0 aromatic heterocycles. The zero-order chi connectivity index (χ0) is 15.9. The van der Waals surface area contributed by atoms with Gasteiger partial charge in [-0.3, -0.25) is 4.79 Å². The van der Waals surface area contributed by atoms with Crippen LogP contribution in [-0.4, -0.2) is 30.6 Å². The van der Waals surface area contributed by atoms with E-state index in [1.807, 2.05) is 24.3 Å². The molecule has 0 bridgehead atoms. The molecule has 0 aliphatic rings. The van der Waals surface area contributed by atoms with Gasteiger partial charge in [0.2, 0.25) is 0 Å². The minimum Gasteiger partial charge on any atom is -0.497 e. The Balaban J connectivity index is 1.86. The van der Waals surface area contributed by atoms with Crippen molar-refractivity contribution >= 4 is 11.8 Å². The highest BCUT2D eigenvalue weighted by atomic mass is 16.5. The quantitative estimate of drug-likeness (QED) is 0.628. The van der Waals surface area contributed by atoms with Gasteiger partial charge in [-0.2, -0.15) is 0 Å². The van der Waals surface area contributed by atoms with Gasteiger partial charge in [-0.05, 0) is 42.0 Å². The summed E-state index contributed by atoms with van der Waals surface area (Å²) in [5, 5.41) is 8.62. The first-order valence-corrected chi connectivity index (χ1v) is 6.73. The molecule has 0 fully saturated rings. The largest absolute Gasteiger partial charge is 0.497 e. The lowest BCUT2D eigenvalue weighted by Crippen LogP contribution is -2.12. The Kier molecular flexibility index (Phi) is 5.14. The second-order valence-electron chi connectivity index (χ2n) is 4.61. The van der Waals surface area contributed by atoms with E-state index in [1.54, 1.807) is 19.2 Å². The van der Waals surface area contributed by atoms with Gasteiger partial charge in [-0.25, -0.2) is 4.79 Å². The van der Waals surface area contributed by atoms with Gasteiger partial charge in [0.25, 0.3) is 5.78 Å². The fourth-order valence-corrected chi connectivity index (χ4v) is 1.90. The summed E-state index contributed by atoms with van der Waals surface area (Å²) in [4.78, 5) is 21.8. The van der Waals surface area contributed by atoms with Crippen molar-refractivity contribution in [1.82, 2.24) is 0 Å². The topological polar surface area (TPSA) is 72.8 Å². The first kappa shape index (κ1) is 15.6. The molecular weight excluding hydrogens is 284 g/mol. The third-order valence-corrected chi connectivity index (χ3v) is 3.13. The second kappa shape index (κ2) is 7.26. The highest BCUT2D eigenvalue weighted by Gasteiger charge is 2.13. The third kappa shape index (κ3) is 4.09. The molecule has 0 radical (unpaired) electrons. The number of ketones is 1. The van der Waals surface area contributed by atoms with Crippen LogP contribution in [0.5, 0.6) is 11.5 Å². The lowest BCUT2D eigenvalue weighted by molar-refractivity contribution is -0.131. The Morgan fingerprint density at radius 2 is 1.55 bits per heavy atom. The molecule has 0 atom stereocenters. The minimum absolute atomic E-state index is 0.134. The van der Waals surface area contributed by atoms with Crippen LogP contribution in [0.15, 0.2) is 48.5 Å². The number of ether oxygens (including phenoxy) is 2. The predicted octanol–water partition coefficient (Wildman–Crippen LogP) is 2.58. The standard InChI is InChI=1S/C17H16O5/c1-21-14-6-2-12(3-7-14)10-11-22-15-8-4-13(5-9-15)16(18)17(19)20/h2-9H,10-11H2,1H3,(H,19,20). The first-order chi connectivity index (χ1) is 10.6. The summed E-state index contributed by atoms with van der Waals surface area (Å²) < 4.78 is 10.7. The maximum Gasteiger partial charge on any atom is 0.377 e. The molecule has 0 saturated carbocycles. The lowest BCUT2D eigenvalue weighted by Gasteiger charge is -2.07. The molecule has 0 aliphatic carbocycles. The Hall–Kier alpha value is -2.82. The van der Waals surface area contributed by atoms with E-state index in [0.717, 1.165) is 17.7 Å². The van der Waals surface area contributed by atoms with Crippen molar-refractivity contribution in [2.45, 2.75) is 6.42 Å². The summed E-state index contributed by atoms with van der Waals surface area (Å²) in [5.41, 5.74) is 1.26. The van der Waals surface area contributed by atoms with Crippen LogP contribution in [0.4, 0.5) is 0 Å². The number of benzene rings is 2. The third-order valence-electron chi connectivity index (χ3n) is 3.13. The normalized spacial score (nSPS) is 10.0. The fourth-order valence-electron chi connectivity index (χ4n) is 1.90. The van der Waals surface area contributed by atoms with Crippen molar-refractivity contribution in [2.24, 2.45) is 0 Å². The van der Waals surface area contributed by atoms with Crippen molar-refractivity contribution < 1.29 is 24.2 Å². The number of hydrogen-bond donors (Lipinski definition) is 1. The van der Waals surface area contributed by atoms with Crippen LogP contribution in [0.3, 0.4) is 0 Å². The Labute approximate surface area is 128 Å². The molecule has 0 spiro atoms. The van der Waals surface area contributed by atoms with Crippen molar-refractivity contribution in [2.75, 3.05) is 13.7 Å². The summed E-state index contributed by atoms with van der Waals surface area (Å²) in [6.45, 7) is 0.485. The van der Waals surface area contributed by atoms with Crippen LogP contribution in [0.25, 0.3) is 0 Å². The molecule has 114 valence electrons. The summed E-state index contributed by atoms with van der Waals surface area (Å²) in [6, 6.07) is 13.8. The zero-order valence-corrected chi connectivity index (χ0v) is 12.1. The van der Waals surface area contributed by atoms with Crippen LogP contribution < -0.4 is 9.47 Å². The van der Waals surface area contributed by atoms with Gasteiger partial charge in [0, 0.05) is 12.0 Å². The summed E-state index contributed by atoms with van der Waals surface area (Å²) in [7, 11) is 1.62. The van der Waals surface area contributed by atoms with Gasteiger partial charge in [0.1, 0.15) is 11.5 Å². The Bertz CT molecular complexity index is 644. The molecule has 0 aliphatic heterocycles. The summed E-state index contributed by atoms with van der Waals surface area (Å²) in [6.07, 6.45) is 0.736. The monoisotopic (exact) mass is 300 g/mol. The number of aliphatic carboxylic acids is 1. The van der Waals surface area contributed by atoms with Crippen molar-refractivity contribution in [3.8, 4) is 11.5 Å². The van der Waals surface area contributed by atoms with Gasteiger partial charge in [-0.15, -0.1) is 0 Å². The molecule has 0 heterocycles. The van der Waals surface area contributed by atoms with Gasteiger partial charge >= 0.3 is 5.97 Å². The van der Waals surface area contributed by atoms with Crippen LogP contribution >= 0.6 is 0 Å². The average Bonchev–Trinajstić information content (AvgIpc) is 2.55. The molecule has 0 unspecified atom stereocenters. The number of carbonyl (C=O) groups excluding carboxylic acids is 1. The highest BCUT2D eigenvalue weighted by molar-refractivity contribution is 6.39. The van der Waals surface area contributed by atoms with Crippen LogP contribution in [0.1, 0.15) is 15.9 Å². The number of carboxylic acid groups (broad SMARTS) is 1. The maximum absolute atomic E-state index is 11.3. The van der Waals surface area contributed by atoms with Gasteiger partial charge in [0.05, 0.1) is 13.7 Å². The van der Waals surface area contributed by atoms with E-state index in [1.165, 1.54) is 12.1 Å². The van der Waals surface area contributed by atoms with Crippen molar-refractivity contribution in [3.63, 3.8) is 0 Å². The second-order valence-corrected chi connectivity index (χ2v) is 4.61. The predicted molar refractivity (Wildman–Crippen MR) is 80.6 cm³/mol. The molecule has 1 N–H and O–H groups in total. The number of carboxylic acids is 1. The van der Waals surface area contributed by atoms with E-state index in [4.69, 9.17) is 14.6 Å². The zero-order valence-electron chi connectivity index (χ0n) is 12.1. The maximum atomic E-state index is 11.3. The fraction of sp³-hybridized carbons (Fsp3) is 0.176. The average molecular weight is 300 g/mol. The summed E-state index contributed by atoms with van der Waals surface area (Å²) in [5.74, 6) is -0.989. The van der Waals surface area contributed by atoms with Gasteiger partial charge in [0.15, 0.2) is 0 Å². The molecular formula is C17H16O5. The van der Waals surface area contributed by atoms with Gasteiger partial charge in [-0.1, -0.05) is 12.1 Å². The van der Waals surface area contributed by atoms with Crippen LogP contribution in [0, 0.1) is 0 Å². The highest BCUT2D eigenvalue weighted by Crippen LogP contribution is 2.15. The van der Waals surface area contributed by atoms with E-state index in [9.17, 15) is 9.59 Å². The van der Waals surface area contributed by atoms with Gasteiger partial charge < -0.3 is 14.6 Å². The van der Waals surface area contributed by atoms with E-state index in [2.05, 4.69) is 0 Å². The number of carbonyl (C=O) groups is 2. The number of methoxy groups -OCH3 is 1. The summed E-state index contributed by atoms with van der Waals surface area (Å²) >= 11 is 0. The smallest absolute Gasteiger partial charge is 0.377 e. The van der Waals surface area contributed by atoms with E-state index in [0.29, 0.717) is 12.4 Å². The van der Waals surface area contributed by atoms with Crippen LogP contribution in [-0.2, 0) is 11.2 Å². The number of Topliss-reactive ketones (excluding diaryl/α,β-unsaturated/α-hetero) is 1. The molecule has 0 amide bonds. The molecule has 2 aromatic rings. The lowest BCUT2D eigenvalue weighted by atomic mass is 10.1. The number of rotatable bonds is 7. The number of hydrogen-bond acceptors (Lipinski definition) is 4. The molecule has 5 nitrogen and oxygen atoms in total.